The maximum Gasteiger partial charge on any atom is 0.356 e. The number of carbonyl (C=O) groups is 1. The van der Waals surface area contributed by atoms with Gasteiger partial charge in [0.25, 0.3) is 0 Å². The molecule has 1 aromatic rings. The molecule has 0 radical (unpaired) electrons. The minimum atomic E-state index is -0.906. The Morgan fingerprint density at radius 2 is 2.50 bits per heavy atom. The number of fused-ring (bicyclic) bond motifs is 3. The van der Waals surface area contributed by atoms with Crippen LogP contribution in [0, 0.1) is 11.8 Å². The number of carboxylic acids is 1. The minimum absolute atomic E-state index is 0.238. The number of H-pyrrole nitrogens is 1. The van der Waals surface area contributed by atoms with Crippen molar-refractivity contribution in [1.29, 1.82) is 0 Å². The molecule has 4 nitrogen and oxygen atoms in total. The van der Waals surface area contributed by atoms with E-state index in [0.29, 0.717) is 11.8 Å². The summed E-state index contributed by atoms with van der Waals surface area (Å²) in [5.74, 6) is 1.14. The van der Waals surface area contributed by atoms with Crippen molar-refractivity contribution in [3.05, 3.63) is 17.0 Å². The second kappa shape index (κ2) is 2.38. The van der Waals surface area contributed by atoms with Gasteiger partial charge in [-0.3, -0.25) is 5.10 Å². The fraction of sp³-hybridized carbons (Fsp3) is 0.600. The van der Waals surface area contributed by atoms with Gasteiger partial charge in [-0.25, -0.2) is 4.79 Å². The highest BCUT2D eigenvalue weighted by atomic mass is 16.4. The van der Waals surface area contributed by atoms with E-state index in [-0.39, 0.29) is 5.69 Å². The summed E-state index contributed by atoms with van der Waals surface area (Å²) in [7, 11) is 0. The van der Waals surface area contributed by atoms with Crippen molar-refractivity contribution >= 4 is 5.97 Å². The van der Waals surface area contributed by atoms with Gasteiger partial charge in [-0.1, -0.05) is 13.3 Å². The van der Waals surface area contributed by atoms with Gasteiger partial charge >= 0.3 is 5.97 Å². The molecular weight excluding hydrogens is 180 g/mol. The van der Waals surface area contributed by atoms with E-state index in [1.165, 1.54) is 6.42 Å². The van der Waals surface area contributed by atoms with Crippen LogP contribution in [0.4, 0.5) is 0 Å². The molecule has 0 bridgehead atoms. The molecule has 1 fully saturated rings. The number of aromatic amines is 1. The Kier molecular flexibility index (Phi) is 1.36. The molecule has 0 aliphatic heterocycles. The molecule has 2 aliphatic rings. The summed E-state index contributed by atoms with van der Waals surface area (Å²) in [4.78, 5) is 10.8. The van der Waals surface area contributed by atoms with Crippen molar-refractivity contribution in [2.24, 2.45) is 11.8 Å². The molecule has 3 rings (SSSR count). The molecule has 1 saturated carbocycles. The SMILES string of the molecule is CC[C@@H]1[C@@H]2Cc3c(C(=O)O)n[nH]c3[C@H]12. The first-order valence-electron chi connectivity index (χ1n) is 5.04. The van der Waals surface area contributed by atoms with Gasteiger partial charge in [0.2, 0.25) is 0 Å². The van der Waals surface area contributed by atoms with Crippen molar-refractivity contribution < 1.29 is 9.90 Å². The summed E-state index contributed by atoms with van der Waals surface area (Å²) in [6.07, 6.45) is 2.10. The normalized spacial score (nSPS) is 32.5. The van der Waals surface area contributed by atoms with Gasteiger partial charge < -0.3 is 5.11 Å². The summed E-state index contributed by atoms with van der Waals surface area (Å²) in [6.45, 7) is 2.19. The van der Waals surface area contributed by atoms with Crippen molar-refractivity contribution in [2.45, 2.75) is 25.7 Å². The highest BCUT2D eigenvalue weighted by Gasteiger charge is 2.56. The van der Waals surface area contributed by atoms with Crippen LogP contribution in [0.3, 0.4) is 0 Å². The molecule has 0 aromatic carbocycles. The third-order valence-electron chi connectivity index (χ3n) is 3.68. The predicted molar refractivity (Wildman–Crippen MR) is 49.3 cm³/mol. The van der Waals surface area contributed by atoms with Gasteiger partial charge in [-0.2, -0.15) is 5.10 Å². The fourth-order valence-corrected chi connectivity index (χ4v) is 2.98. The van der Waals surface area contributed by atoms with Crippen molar-refractivity contribution in [3.63, 3.8) is 0 Å². The standard InChI is InChI=1S/C10H12N2O2/c1-2-4-5-3-6-8(7(4)5)11-12-9(6)10(13)14/h4-5,7H,2-3H2,1H3,(H,11,12)(H,13,14)/t4-,5+,7-/m1/s1. The van der Waals surface area contributed by atoms with Crippen LogP contribution in [0.2, 0.25) is 0 Å². The van der Waals surface area contributed by atoms with E-state index in [1.807, 2.05) is 0 Å². The fourth-order valence-electron chi connectivity index (χ4n) is 2.98. The minimum Gasteiger partial charge on any atom is -0.476 e. The van der Waals surface area contributed by atoms with Gasteiger partial charge in [-0.05, 0) is 18.3 Å². The second-order valence-corrected chi connectivity index (χ2v) is 4.24. The highest BCUT2D eigenvalue weighted by molar-refractivity contribution is 5.87. The van der Waals surface area contributed by atoms with Crippen LogP contribution in [-0.2, 0) is 6.42 Å². The molecule has 1 heterocycles. The number of aromatic carboxylic acids is 1. The first-order chi connectivity index (χ1) is 6.74. The lowest BCUT2D eigenvalue weighted by molar-refractivity contribution is 0.0689. The zero-order valence-electron chi connectivity index (χ0n) is 7.95. The van der Waals surface area contributed by atoms with Crippen LogP contribution in [0.1, 0.15) is 41.0 Å². The molecule has 2 aliphatic carbocycles. The van der Waals surface area contributed by atoms with Gasteiger partial charge in [-0.15, -0.1) is 0 Å². The number of hydrogen-bond acceptors (Lipinski definition) is 2. The summed E-state index contributed by atoms with van der Waals surface area (Å²) in [6, 6.07) is 0. The zero-order chi connectivity index (χ0) is 9.87. The molecule has 74 valence electrons. The van der Waals surface area contributed by atoms with Gasteiger partial charge in [0.15, 0.2) is 5.69 Å². The largest absolute Gasteiger partial charge is 0.476 e. The Hall–Kier alpha value is -1.32. The maximum absolute atomic E-state index is 10.8. The smallest absolute Gasteiger partial charge is 0.356 e. The Morgan fingerprint density at radius 3 is 3.14 bits per heavy atom. The molecule has 4 heteroatoms. The molecule has 0 unspecified atom stereocenters. The van der Waals surface area contributed by atoms with Crippen LogP contribution in [0.15, 0.2) is 0 Å². The highest BCUT2D eigenvalue weighted by Crippen LogP contribution is 2.62. The molecule has 0 saturated heterocycles. The predicted octanol–water partition coefficient (Wildman–Crippen LogP) is 1.40. The lowest BCUT2D eigenvalue weighted by Crippen LogP contribution is -2.02. The number of aromatic nitrogens is 2. The molecule has 1 aromatic heterocycles. The molecule has 0 spiro atoms. The lowest BCUT2D eigenvalue weighted by atomic mass is 10.1. The quantitative estimate of drug-likeness (QED) is 0.744. The average Bonchev–Trinajstić information content (AvgIpc) is 2.55. The van der Waals surface area contributed by atoms with E-state index < -0.39 is 5.97 Å². The third-order valence-corrected chi connectivity index (χ3v) is 3.68. The van der Waals surface area contributed by atoms with Crippen LogP contribution in [-0.4, -0.2) is 21.3 Å². The van der Waals surface area contributed by atoms with Crippen LogP contribution in [0.5, 0.6) is 0 Å². The van der Waals surface area contributed by atoms with Gasteiger partial charge in [0.05, 0.1) is 0 Å². The topological polar surface area (TPSA) is 66.0 Å². The number of carboxylic acid groups (broad SMARTS) is 1. The van der Waals surface area contributed by atoms with E-state index in [4.69, 9.17) is 5.11 Å². The number of rotatable bonds is 2. The maximum atomic E-state index is 10.8. The lowest BCUT2D eigenvalue weighted by Gasteiger charge is -1.99. The Balaban J connectivity index is 1.99. The second-order valence-electron chi connectivity index (χ2n) is 4.24. The van der Waals surface area contributed by atoms with E-state index in [2.05, 4.69) is 17.1 Å². The van der Waals surface area contributed by atoms with Crippen LogP contribution in [0.25, 0.3) is 0 Å². The van der Waals surface area contributed by atoms with Crippen LogP contribution >= 0.6 is 0 Å². The number of nitrogens with one attached hydrogen (secondary N) is 1. The first-order valence-corrected chi connectivity index (χ1v) is 5.04. The Labute approximate surface area is 81.3 Å². The summed E-state index contributed by atoms with van der Waals surface area (Å²) >= 11 is 0. The summed E-state index contributed by atoms with van der Waals surface area (Å²) < 4.78 is 0. The van der Waals surface area contributed by atoms with Gasteiger partial charge in [0.1, 0.15) is 0 Å². The Bertz CT molecular complexity index is 410. The van der Waals surface area contributed by atoms with Crippen molar-refractivity contribution in [3.8, 4) is 0 Å². The van der Waals surface area contributed by atoms with Crippen molar-refractivity contribution in [2.75, 3.05) is 0 Å². The Morgan fingerprint density at radius 1 is 1.71 bits per heavy atom. The van der Waals surface area contributed by atoms with Crippen LogP contribution < -0.4 is 0 Å². The van der Waals surface area contributed by atoms with E-state index in [0.717, 1.165) is 23.6 Å². The third kappa shape index (κ3) is 0.786. The molecule has 14 heavy (non-hydrogen) atoms. The van der Waals surface area contributed by atoms with Crippen molar-refractivity contribution in [1.82, 2.24) is 10.2 Å². The molecular formula is C10H12N2O2. The van der Waals surface area contributed by atoms with Gasteiger partial charge in [0, 0.05) is 17.2 Å². The molecule has 0 amide bonds. The first kappa shape index (κ1) is 8.03. The summed E-state index contributed by atoms with van der Waals surface area (Å²) in [5.41, 5.74) is 2.29. The zero-order valence-corrected chi connectivity index (χ0v) is 7.95. The van der Waals surface area contributed by atoms with E-state index >= 15 is 0 Å². The number of hydrogen-bond donors (Lipinski definition) is 2. The monoisotopic (exact) mass is 192 g/mol. The van der Waals surface area contributed by atoms with E-state index in [9.17, 15) is 4.79 Å². The number of nitrogens with zero attached hydrogens (tertiary/aromatic N) is 1. The molecule has 3 atom stereocenters. The average molecular weight is 192 g/mol. The van der Waals surface area contributed by atoms with E-state index in [1.54, 1.807) is 0 Å². The molecule has 2 N–H and O–H groups in total. The summed E-state index contributed by atoms with van der Waals surface area (Å²) in [5, 5.41) is 15.6.